The Labute approximate surface area is 139 Å². The molecular weight excluding hydrogens is 310 g/mol. The number of nitrogens with one attached hydrogen (secondary N) is 1. The van der Waals surface area contributed by atoms with Crippen molar-refractivity contribution in [3.8, 4) is 6.07 Å². The molecule has 2 amide bonds. The summed E-state index contributed by atoms with van der Waals surface area (Å²) < 4.78 is 0. The molecule has 0 unspecified atom stereocenters. The number of nitrogens with zero attached hydrogens (tertiary/aromatic N) is 1. The van der Waals surface area contributed by atoms with Crippen LogP contribution in [-0.4, -0.2) is 11.8 Å². The largest absolute Gasteiger partial charge is 0.365 e. The quantitative estimate of drug-likeness (QED) is 0.659. The van der Waals surface area contributed by atoms with Crippen molar-refractivity contribution in [3.05, 3.63) is 27.2 Å². The second-order valence-corrected chi connectivity index (χ2v) is 7.14. The van der Waals surface area contributed by atoms with E-state index in [1.165, 1.54) is 11.3 Å². The first-order chi connectivity index (χ1) is 11.1. The summed E-state index contributed by atoms with van der Waals surface area (Å²) >= 11 is 1.42. The number of nitriles is 1. The number of hydrogen-bond donors (Lipinski definition) is 2. The first kappa shape index (κ1) is 15.8. The summed E-state index contributed by atoms with van der Waals surface area (Å²) in [7, 11) is 0. The van der Waals surface area contributed by atoms with E-state index in [2.05, 4.69) is 5.32 Å². The number of hydrogen-bond acceptors (Lipinski definition) is 4. The Hall–Kier alpha value is -2.13. The number of primary amides is 1. The van der Waals surface area contributed by atoms with Crippen molar-refractivity contribution in [2.45, 2.75) is 51.4 Å². The fraction of sp³-hybridized carbons (Fsp3) is 0.471. The Bertz CT molecular complexity index is 732. The highest BCUT2D eigenvalue weighted by atomic mass is 32.1. The van der Waals surface area contributed by atoms with E-state index in [9.17, 15) is 14.9 Å². The van der Waals surface area contributed by atoms with Gasteiger partial charge in [0.1, 0.15) is 16.6 Å². The van der Waals surface area contributed by atoms with Crippen LogP contribution in [0.3, 0.4) is 0 Å². The second kappa shape index (κ2) is 6.55. The number of carbonyl (C=O) groups is 2. The van der Waals surface area contributed by atoms with Crippen LogP contribution in [0.1, 0.15) is 59.3 Å². The van der Waals surface area contributed by atoms with Crippen LogP contribution in [0.15, 0.2) is 11.1 Å². The molecule has 3 rings (SSSR count). The normalized spacial score (nSPS) is 16.6. The average molecular weight is 329 g/mol. The minimum atomic E-state index is -0.508. The number of carbonyl (C=O) groups excluding carboxylic acids is 2. The van der Waals surface area contributed by atoms with Crippen molar-refractivity contribution in [1.29, 1.82) is 5.26 Å². The van der Waals surface area contributed by atoms with E-state index in [0.717, 1.165) is 67.4 Å². The number of nitrogens with two attached hydrogens (primary N) is 1. The molecule has 1 aromatic heterocycles. The zero-order valence-corrected chi connectivity index (χ0v) is 13.7. The summed E-state index contributed by atoms with van der Waals surface area (Å²) in [5.74, 6) is -0.919. The molecule has 120 valence electrons. The van der Waals surface area contributed by atoms with Crippen molar-refractivity contribution in [2.24, 2.45) is 5.73 Å². The standard InChI is InChI=1S/C17H19N3O2S/c18-9-12(10-5-1-2-6-10)16(22)20-17-14(15(19)21)11-7-3-4-8-13(11)23-17/h1-8H2,(H2,19,21)(H,20,22). The number of anilines is 1. The lowest BCUT2D eigenvalue weighted by Gasteiger charge is -2.11. The zero-order valence-electron chi connectivity index (χ0n) is 12.9. The van der Waals surface area contributed by atoms with E-state index < -0.39 is 11.8 Å². The number of thiophene rings is 1. The Morgan fingerprint density at radius 3 is 2.39 bits per heavy atom. The third kappa shape index (κ3) is 3.02. The van der Waals surface area contributed by atoms with Crippen molar-refractivity contribution in [1.82, 2.24) is 0 Å². The van der Waals surface area contributed by atoms with Gasteiger partial charge in [0.25, 0.3) is 11.8 Å². The molecule has 1 saturated carbocycles. The lowest BCUT2D eigenvalue weighted by Crippen LogP contribution is -2.19. The molecule has 0 radical (unpaired) electrons. The Morgan fingerprint density at radius 2 is 1.74 bits per heavy atom. The van der Waals surface area contributed by atoms with Gasteiger partial charge in [-0.3, -0.25) is 9.59 Å². The Kier molecular flexibility index (Phi) is 4.49. The van der Waals surface area contributed by atoms with E-state index in [4.69, 9.17) is 5.73 Å². The molecule has 1 fully saturated rings. The van der Waals surface area contributed by atoms with Gasteiger partial charge in [0.05, 0.1) is 5.56 Å². The van der Waals surface area contributed by atoms with Gasteiger partial charge in [0.15, 0.2) is 0 Å². The monoisotopic (exact) mass is 329 g/mol. The molecule has 23 heavy (non-hydrogen) atoms. The summed E-state index contributed by atoms with van der Waals surface area (Å²) in [6, 6.07) is 2.03. The molecule has 2 aliphatic carbocycles. The first-order valence-corrected chi connectivity index (χ1v) is 8.81. The molecule has 3 N–H and O–H groups in total. The first-order valence-electron chi connectivity index (χ1n) is 7.99. The van der Waals surface area contributed by atoms with Crippen LogP contribution < -0.4 is 11.1 Å². The number of rotatable bonds is 3. The van der Waals surface area contributed by atoms with E-state index in [-0.39, 0.29) is 5.57 Å². The van der Waals surface area contributed by atoms with E-state index in [0.29, 0.717) is 10.6 Å². The van der Waals surface area contributed by atoms with Crippen LogP contribution in [0, 0.1) is 11.3 Å². The highest BCUT2D eigenvalue weighted by Crippen LogP contribution is 2.38. The highest BCUT2D eigenvalue weighted by molar-refractivity contribution is 7.17. The van der Waals surface area contributed by atoms with Gasteiger partial charge in [-0.2, -0.15) is 5.26 Å². The van der Waals surface area contributed by atoms with Crippen molar-refractivity contribution < 1.29 is 9.59 Å². The maximum Gasteiger partial charge on any atom is 0.266 e. The van der Waals surface area contributed by atoms with Crippen molar-refractivity contribution in [2.75, 3.05) is 5.32 Å². The lowest BCUT2D eigenvalue weighted by molar-refractivity contribution is -0.112. The molecule has 0 atom stereocenters. The van der Waals surface area contributed by atoms with Crippen molar-refractivity contribution in [3.63, 3.8) is 0 Å². The molecule has 0 aliphatic heterocycles. The SMILES string of the molecule is N#CC(C(=O)Nc1sc2c(c1C(N)=O)CCCC2)=C1CCCC1. The van der Waals surface area contributed by atoms with Gasteiger partial charge in [0.2, 0.25) is 0 Å². The van der Waals surface area contributed by atoms with Crippen LogP contribution >= 0.6 is 11.3 Å². The number of amides is 2. The molecular formula is C17H19N3O2S. The average Bonchev–Trinajstić information content (AvgIpc) is 3.14. The van der Waals surface area contributed by atoms with Gasteiger partial charge < -0.3 is 11.1 Å². The zero-order chi connectivity index (χ0) is 16.4. The van der Waals surface area contributed by atoms with Gasteiger partial charge in [-0.1, -0.05) is 0 Å². The van der Waals surface area contributed by atoms with Crippen LogP contribution in [0.5, 0.6) is 0 Å². The number of aryl methyl sites for hydroxylation is 1. The van der Waals surface area contributed by atoms with E-state index >= 15 is 0 Å². The summed E-state index contributed by atoms with van der Waals surface area (Å²) in [6.45, 7) is 0. The minimum absolute atomic E-state index is 0.198. The van der Waals surface area contributed by atoms with Gasteiger partial charge >= 0.3 is 0 Å². The van der Waals surface area contributed by atoms with Crippen LogP contribution in [0.4, 0.5) is 5.00 Å². The van der Waals surface area contributed by atoms with Gasteiger partial charge in [-0.15, -0.1) is 11.3 Å². The summed E-state index contributed by atoms with van der Waals surface area (Å²) in [4.78, 5) is 25.4. The van der Waals surface area contributed by atoms with E-state index in [1.807, 2.05) is 6.07 Å². The number of fused-ring (bicyclic) bond motifs is 1. The maximum absolute atomic E-state index is 12.5. The number of allylic oxidation sites excluding steroid dienone is 1. The van der Waals surface area contributed by atoms with Gasteiger partial charge in [-0.25, -0.2) is 0 Å². The fourth-order valence-electron chi connectivity index (χ4n) is 3.42. The molecule has 0 saturated heterocycles. The molecule has 2 aliphatic rings. The molecule has 0 bridgehead atoms. The Morgan fingerprint density at radius 1 is 1.09 bits per heavy atom. The minimum Gasteiger partial charge on any atom is -0.365 e. The molecule has 5 nitrogen and oxygen atoms in total. The Balaban J connectivity index is 1.92. The van der Waals surface area contributed by atoms with Crippen LogP contribution in [0.25, 0.3) is 0 Å². The molecule has 0 aromatic carbocycles. The van der Waals surface area contributed by atoms with Gasteiger partial charge in [-0.05, 0) is 62.5 Å². The van der Waals surface area contributed by atoms with Crippen LogP contribution in [-0.2, 0) is 17.6 Å². The third-order valence-electron chi connectivity index (χ3n) is 4.54. The summed E-state index contributed by atoms with van der Waals surface area (Å²) in [5, 5.41) is 12.6. The van der Waals surface area contributed by atoms with E-state index in [1.54, 1.807) is 0 Å². The fourth-order valence-corrected chi connectivity index (χ4v) is 4.71. The van der Waals surface area contributed by atoms with Crippen molar-refractivity contribution >= 4 is 28.2 Å². The molecule has 6 heteroatoms. The summed E-state index contributed by atoms with van der Waals surface area (Å²) in [5.41, 5.74) is 8.07. The summed E-state index contributed by atoms with van der Waals surface area (Å²) in [6.07, 6.45) is 7.52. The highest BCUT2D eigenvalue weighted by Gasteiger charge is 2.26. The predicted octanol–water partition coefficient (Wildman–Crippen LogP) is 3.06. The second-order valence-electron chi connectivity index (χ2n) is 6.03. The maximum atomic E-state index is 12.5. The van der Waals surface area contributed by atoms with Gasteiger partial charge in [0, 0.05) is 4.88 Å². The predicted molar refractivity (Wildman–Crippen MR) is 89.2 cm³/mol. The molecule has 1 heterocycles. The topological polar surface area (TPSA) is 96.0 Å². The molecule has 0 spiro atoms. The molecule has 1 aromatic rings. The smallest absolute Gasteiger partial charge is 0.266 e. The lowest BCUT2D eigenvalue weighted by atomic mass is 9.95. The van der Waals surface area contributed by atoms with Crippen LogP contribution in [0.2, 0.25) is 0 Å². The third-order valence-corrected chi connectivity index (χ3v) is 5.75.